The molecule has 3 aromatic heterocycles. The Morgan fingerprint density at radius 3 is 3.08 bits per heavy atom. The third-order valence-corrected chi connectivity index (χ3v) is 6.83. The van der Waals surface area contributed by atoms with Crippen LogP contribution in [-0.2, 0) is 19.9 Å². The first-order chi connectivity index (χ1) is 11.5. The van der Waals surface area contributed by atoms with E-state index in [1.165, 1.54) is 10.4 Å². The Morgan fingerprint density at radius 1 is 1.50 bits per heavy atom. The summed E-state index contributed by atoms with van der Waals surface area (Å²) >= 11 is 3.23. The second-order valence-corrected chi connectivity index (χ2v) is 8.86. The molecule has 0 fully saturated rings. The lowest BCUT2D eigenvalue weighted by Crippen LogP contribution is -2.15. The molecule has 3 heterocycles. The van der Waals surface area contributed by atoms with Crippen LogP contribution < -0.4 is 5.56 Å². The van der Waals surface area contributed by atoms with Crippen molar-refractivity contribution in [2.75, 3.05) is 0 Å². The summed E-state index contributed by atoms with van der Waals surface area (Å²) in [6.45, 7) is 4.30. The van der Waals surface area contributed by atoms with E-state index in [1.54, 1.807) is 29.4 Å². The van der Waals surface area contributed by atoms with Crippen LogP contribution in [0.2, 0.25) is 0 Å². The van der Waals surface area contributed by atoms with E-state index in [2.05, 4.69) is 22.1 Å². The summed E-state index contributed by atoms with van der Waals surface area (Å²) in [6.07, 6.45) is 4.87. The van der Waals surface area contributed by atoms with Gasteiger partial charge < -0.3 is 9.55 Å². The highest BCUT2D eigenvalue weighted by Crippen LogP contribution is 2.37. The molecule has 0 bridgehead atoms. The minimum absolute atomic E-state index is 0.00283. The minimum Gasteiger partial charge on any atom is -0.312 e. The standard InChI is InChI=1S/C16H19N5OS2/c1-8-4-5-10-11(6-8)24-15-12(10)14(22)18-13(19-15)9(2)23-16-20-17-7-21(16)3/h7-9H,4-6H2,1-3H3,(H,18,19,22). The van der Waals surface area contributed by atoms with Crippen LogP contribution in [0.25, 0.3) is 10.2 Å². The van der Waals surface area contributed by atoms with E-state index >= 15 is 0 Å². The monoisotopic (exact) mass is 361 g/mol. The van der Waals surface area contributed by atoms with E-state index in [0.29, 0.717) is 11.7 Å². The third kappa shape index (κ3) is 2.67. The number of nitrogens with zero attached hydrogens (tertiary/aromatic N) is 4. The van der Waals surface area contributed by atoms with Gasteiger partial charge in [-0.2, -0.15) is 0 Å². The summed E-state index contributed by atoms with van der Waals surface area (Å²) in [5.74, 6) is 1.39. The lowest BCUT2D eigenvalue weighted by molar-refractivity contribution is 0.509. The molecule has 1 aliphatic rings. The number of aromatic nitrogens is 5. The van der Waals surface area contributed by atoms with Gasteiger partial charge in [-0.1, -0.05) is 18.7 Å². The number of rotatable bonds is 3. The van der Waals surface area contributed by atoms with E-state index in [-0.39, 0.29) is 10.8 Å². The minimum atomic E-state index is -0.00697. The van der Waals surface area contributed by atoms with Crippen LogP contribution in [0.3, 0.4) is 0 Å². The fourth-order valence-corrected chi connectivity index (χ4v) is 5.39. The van der Waals surface area contributed by atoms with Crippen LogP contribution in [0.4, 0.5) is 0 Å². The van der Waals surface area contributed by atoms with Gasteiger partial charge in [-0.3, -0.25) is 4.79 Å². The van der Waals surface area contributed by atoms with Gasteiger partial charge in [-0.05, 0) is 37.7 Å². The number of H-pyrrole nitrogens is 1. The summed E-state index contributed by atoms with van der Waals surface area (Å²) in [4.78, 5) is 22.6. The van der Waals surface area contributed by atoms with Gasteiger partial charge in [-0.25, -0.2) is 4.98 Å². The van der Waals surface area contributed by atoms with Gasteiger partial charge in [0.05, 0.1) is 10.6 Å². The molecule has 24 heavy (non-hydrogen) atoms. The number of hydrogen-bond acceptors (Lipinski definition) is 6. The molecule has 0 radical (unpaired) electrons. The average Bonchev–Trinajstić information content (AvgIpc) is 3.10. The molecule has 4 rings (SSSR count). The summed E-state index contributed by atoms with van der Waals surface area (Å²) in [5.41, 5.74) is 1.22. The summed E-state index contributed by atoms with van der Waals surface area (Å²) in [5, 5.41) is 9.59. The molecule has 0 saturated heterocycles. The highest BCUT2D eigenvalue weighted by molar-refractivity contribution is 7.99. The van der Waals surface area contributed by atoms with Gasteiger partial charge in [-0.15, -0.1) is 21.5 Å². The van der Waals surface area contributed by atoms with Crippen LogP contribution in [0.1, 0.15) is 41.8 Å². The Labute approximate surface area is 147 Å². The summed E-state index contributed by atoms with van der Waals surface area (Å²) < 4.78 is 1.86. The summed E-state index contributed by atoms with van der Waals surface area (Å²) in [7, 11) is 1.91. The maximum Gasteiger partial charge on any atom is 0.259 e. The Hall–Kier alpha value is -1.67. The van der Waals surface area contributed by atoms with Gasteiger partial charge in [0.1, 0.15) is 17.0 Å². The van der Waals surface area contributed by atoms with Crippen LogP contribution in [0, 0.1) is 5.92 Å². The zero-order valence-electron chi connectivity index (χ0n) is 13.9. The fourth-order valence-electron chi connectivity index (χ4n) is 3.15. The van der Waals surface area contributed by atoms with E-state index < -0.39 is 0 Å². The molecule has 0 amide bonds. The van der Waals surface area contributed by atoms with Crippen molar-refractivity contribution in [2.24, 2.45) is 13.0 Å². The maximum atomic E-state index is 12.7. The van der Waals surface area contributed by atoms with Gasteiger partial charge in [0.25, 0.3) is 5.56 Å². The van der Waals surface area contributed by atoms with E-state index in [9.17, 15) is 4.79 Å². The number of aromatic amines is 1. The number of aryl methyl sites for hydroxylation is 2. The van der Waals surface area contributed by atoms with Crippen molar-refractivity contribution in [1.29, 1.82) is 0 Å². The number of hydrogen-bond donors (Lipinski definition) is 1. The molecule has 0 aliphatic heterocycles. The Kier molecular flexibility index (Phi) is 3.96. The van der Waals surface area contributed by atoms with Gasteiger partial charge in [0.2, 0.25) is 0 Å². The van der Waals surface area contributed by atoms with Crippen LogP contribution >= 0.6 is 23.1 Å². The number of thioether (sulfide) groups is 1. The molecule has 1 aliphatic carbocycles. The first-order valence-electron chi connectivity index (χ1n) is 8.08. The molecule has 0 spiro atoms. The van der Waals surface area contributed by atoms with Crippen molar-refractivity contribution >= 4 is 33.3 Å². The third-order valence-electron chi connectivity index (χ3n) is 4.52. The zero-order chi connectivity index (χ0) is 16.8. The van der Waals surface area contributed by atoms with Crippen molar-refractivity contribution in [2.45, 2.75) is 43.5 Å². The predicted octanol–water partition coefficient (Wildman–Crippen LogP) is 3.09. The van der Waals surface area contributed by atoms with Gasteiger partial charge >= 0.3 is 0 Å². The fraction of sp³-hybridized carbons (Fsp3) is 0.500. The van der Waals surface area contributed by atoms with Crippen molar-refractivity contribution in [3.63, 3.8) is 0 Å². The normalized spacial score (nSPS) is 18.7. The van der Waals surface area contributed by atoms with Crippen molar-refractivity contribution in [3.05, 3.63) is 32.9 Å². The molecule has 6 nitrogen and oxygen atoms in total. The Balaban J connectivity index is 1.73. The van der Waals surface area contributed by atoms with Crippen LogP contribution in [0.5, 0.6) is 0 Å². The van der Waals surface area contributed by atoms with Crippen molar-refractivity contribution in [3.8, 4) is 0 Å². The maximum absolute atomic E-state index is 12.7. The van der Waals surface area contributed by atoms with E-state index in [4.69, 9.17) is 4.98 Å². The molecule has 2 atom stereocenters. The van der Waals surface area contributed by atoms with Crippen LogP contribution in [0.15, 0.2) is 16.3 Å². The topological polar surface area (TPSA) is 76.5 Å². The molecule has 126 valence electrons. The molecule has 0 saturated carbocycles. The molecule has 2 unspecified atom stereocenters. The highest BCUT2D eigenvalue weighted by atomic mass is 32.2. The predicted molar refractivity (Wildman–Crippen MR) is 96.7 cm³/mol. The van der Waals surface area contributed by atoms with E-state index in [1.807, 2.05) is 18.5 Å². The molecular weight excluding hydrogens is 342 g/mol. The first kappa shape index (κ1) is 15.8. The molecule has 1 N–H and O–H groups in total. The largest absolute Gasteiger partial charge is 0.312 e. The zero-order valence-corrected chi connectivity index (χ0v) is 15.5. The molecule has 3 aromatic rings. The smallest absolute Gasteiger partial charge is 0.259 e. The molecule has 8 heteroatoms. The Morgan fingerprint density at radius 2 is 2.33 bits per heavy atom. The molecule has 0 aromatic carbocycles. The first-order valence-corrected chi connectivity index (χ1v) is 9.77. The number of thiophene rings is 1. The average molecular weight is 361 g/mol. The molecular formula is C16H19N5OS2. The number of nitrogens with one attached hydrogen (secondary N) is 1. The van der Waals surface area contributed by atoms with Crippen LogP contribution in [-0.4, -0.2) is 24.7 Å². The quantitative estimate of drug-likeness (QED) is 0.726. The van der Waals surface area contributed by atoms with Crippen molar-refractivity contribution in [1.82, 2.24) is 24.7 Å². The Bertz CT molecular complexity index is 957. The van der Waals surface area contributed by atoms with E-state index in [0.717, 1.165) is 34.6 Å². The highest BCUT2D eigenvalue weighted by Gasteiger charge is 2.24. The number of fused-ring (bicyclic) bond motifs is 3. The lowest BCUT2D eigenvalue weighted by atomic mass is 9.89. The SMILES string of the molecule is CC1CCc2c(sc3nc(C(C)Sc4nncn4C)[nH]c(=O)c23)C1. The van der Waals surface area contributed by atoms with Crippen molar-refractivity contribution < 1.29 is 0 Å². The summed E-state index contributed by atoms with van der Waals surface area (Å²) in [6, 6.07) is 0. The lowest BCUT2D eigenvalue weighted by Gasteiger charge is -2.17. The second kappa shape index (κ2) is 6.00. The van der Waals surface area contributed by atoms with Gasteiger partial charge in [0, 0.05) is 11.9 Å². The second-order valence-electron chi connectivity index (χ2n) is 6.47. The van der Waals surface area contributed by atoms with Gasteiger partial charge in [0.15, 0.2) is 5.16 Å².